The molecule has 0 aliphatic heterocycles. The van der Waals surface area contributed by atoms with E-state index in [0.29, 0.717) is 11.3 Å². The number of nitrogens with zero attached hydrogens (tertiary/aromatic N) is 1. The van der Waals surface area contributed by atoms with E-state index in [1.54, 1.807) is 24.3 Å². The van der Waals surface area contributed by atoms with Crippen molar-refractivity contribution in [1.29, 1.82) is 0 Å². The lowest BCUT2D eigenvalue weighted by Crippen LogP contribution is -2.29. The Kier molecular flexibility index (Phi) is 6.51. The molecule has 0 aliphatic rings. The molecular weight excluding hydrogens is 408 g/mol. The second kappa shape index (κ2) is 8.94. The molecule has 1 amide bonds. The Balaban J connectivity index is 1.79. The van der Waals surface area contributed by atoms with Crippen LogP contribution in [0.25, 0.3) is 0 Å². The molecular formula is C25H28N2O3S. The normalized spacial score (nSPS) is 11.3. The van der Waals surface area contributed by atoms with E-state index in [2.05, 4.69) is 5.32 Å². The Bertz CT molecular complexity index is 1220. The van der Waals surface area contributed by atoms with E-state index in [1.807, 2.05) is 64.1 Å². The van der Waals surface area contributed by atoms with Crippen LogP contribution >= 0.6 is 0 Å². The van der Waals surface area contributed by atoms with Crippen molar-refractivity contribution in [2.45, 2.75) is 34.2 Å². The second-order valence-corrected chi connectivity index (χ2v) is 9.91. The molecule has 3 rings (SSSR count). The molecule has 0 radical (unpaired) electrons. The third-order valence-electron chi connectivity index (χ3n) is 5.35. The van der Waals surface area contributed by atoms with E-state index in [4.69, 9.17) is 0 Å². The summed E-state index contributed by atoms with van der Waals surface area (Å²) in [5, 5.41) is 2.93. The molecule has 1 N–H and O–H groups in total. The van der Waals surface area contributed by atoms with Crippen LogP contribution in [0.3, 0.4) is 0 Å². The highest BCUT2D eigenvalue weighted by Gasteiger charge is 2.19. The summed E-state index contributed by atoms with van der Waals surface area (Å²) in [6.45, 7) is 8.11. The summed E-state index contributed by atoms with van der Waals surface area (Å²) < 4.78 is 26.2. The minimum Gasteiger partial charge on any atom is -0.322 e. The van der Waals surface area contributed by atoms with Gasteiger partial charge in [-0.05, 0) is 80.3 Å². The molecule has 3 aromatic rings. The van der Waals surface area contributed by atoms with Gasteiger partial charge in [-0.3, -0.25) is 9.10 Å². The van der Waals surface area contributed by atoms with E-state index >= 15 is 0 Å². The minimum absolute atomic E-state index is 0.195. The maximum Gasteiger partial charge on any atom is 0.255 e. The largest absolute Gasteiger partial charge is 0.322 e. The molecule has 31 heavy (non-hydrogen) atoms. The molecule has 0 atom stereocenters. The van der Waals surface area contributed by atoms with Crippen molar-refractivity contribution in [3.8, 4) is 0 Å². The van der Waals surface area contributed by atoms with Crippen molar-refractivity contribution >= 4 is 27.3 Å². The Hall–Kier alpha value is -3.12. The highest BCUT2D eigenvalue weighted by molar-refractivity contribution is 7.92. The number of carbonyl (C=O) groups excluding carboxylic acids is 1. The summed E-state index contributed by atoms with van der Waals surface area (Å²) in [5.74, 6) is -0.201. The third kappa shape index (κ3) is 5.52. The van der Waals surface area contributed by atoms with Gasteiger partial charge < -0.3 is 5.32 Å². The molecule has 0 saturated carbocycles. The molecule has 5 nitrogen and oxygen atoms in total. The molecule has 0 aromatic heterocycles. The van der Waals surface area contributed by atoms with E-state index < -0.39 is 10.0 Å². The lowest BCUT2D eigenvalue weighted by molar-refractivity contribution is 0.102. The number of carbonyl (C=O) groups is 1. The molecule has 0 saturated heterocycles. The average molecular weight is 437 g/mol. The van der Waals surface area contributed by atoms with Gasteiger partial charge in [0, 0.05) is 11.3 Å². The molecule has 0 heterocycles. The van der Waals surface area contributed by atoms with Gasteiger partial charge in [0.15, 0.2) is 0 Å². The number of aryl methyl sites for hydroxylation is 4. The lowest BCUT2D eigenvalue weighted by Gasteiger charge is -2.23. The van der Waals surface area contributed by atoms with Gasteiger partial charge in [0.1, 0.15) is 0 Å². The first kappa shape index (κ1) is 22.6. The van der Waals surface area contributed by atoms with Gasteiger partial charge in [0.2, 0.25) is 10.0 Å². The molecule has 0 unspecified atom stereocenters. The summed E-state index contributed by atoms with van der Waals surface area (Å²) in [5.41, 5.74) is 7.00. The van der Waals surface area contributed by atoms with Gasteiger partial charge in [0.05, 0.1) is 18.5 Å². The highest BCUT2D eigenvalue weighted by atomic mass is 32.2. The molecule has 0 aliphatic carbocycles. The zero-order valence-electron chi connectivity index (χ0n) is 18.6. The van der Waals surface area contributed by atoms with Crippen molar-refractivity contribution in [2.75, 3.05) is 15.9 Å². The van der Waals surface area contributed by atoms with Gasteiger partial charge >= 0.3 is 0 Å². The van der Waals surface area contributed by atoms with E-state index in [-0.39, 0.29) is 12.5 Å². The summed E-state index contributed by atoms with van der Waals surface area (Å²) in [6, 6.07) is 18.5. The first-order chi connectivity index (χ1) is 14.5. The number of amides is 1. The Morgan fingerprint density at radius 1 is 0.839 bits per heavy atom. The van der Waals surface area contributed by atoms with Gasteiger partial charge in [-0.25, -0.2) is 8.42 Å². The minimum atomic E-state index is -3.47. The van der Waals surface area contributed by atoms with Crippen LogP contribution in [0.4, 0.5) is 11.4 Å². The van der Waals surface area contributed by atoms with E-state index in [0.717, 1.165) is 33.5 Å². The predicted molar refractivity (Wildman–Crippen MR) is 127 cm³/mol. The smallest absolute Gasteiger partial charge is 0.255 e. The summed E-state index contributed by atoms with van der Waals surface area (Å²) in [4.78, 5) is 12.6. The van der Waals surface area contributed by atoms with Crippen LogP contribution in [0.5, 0.6) is 0 Å². The fourth-order valence-corrected chi connectivity index (χ4v) is 4.24. The SMILES string of the molecule is Cc1ccc(NC(=O)c2ccc(CN(c3ccc(C)c(C)c3)S(C)(=O)=O)cc2)c(C)c1. The topological polar surface area (TPSA) is 66.5 Å². The van der Waals surface area contributed by atoms with Crippen molar-refractivity contribution in [3.63, 3.8) is 0 Å². The molecule has 3 aromatic carbocycles. The van der Waals surface area contributed by atoms with Gasteiger partial charge in [-0.15, -0.1) is 0 Å². The van der Waals surface area contributed by atoms with Crippen molar-refractivity contribution in [1.82, 2.24) is 0 Å². The van der Waals surface area contributed by atoms with Gasteiger partial charge in [0.25, 0.3) is 5.91 Å². The highest BCUT2D eigenvalue weighted by Crippen LogP contribution is 2.24. The standard InChI is InChI=1S/C25H28N2O3S/c1-17-6-13-24(20(4)14-17)26-25(28)22-10-8-21(9-11-22)16-27(31(5,29)30)23-12-7-18(2)19(3)15-23/h6-15H,16H2,1-5H3,(H,26,28). The van der Waals surface area contributed by atoms with E-state index in [1.165, 1.54) is 10.6 Å². The number of hydrogen-bond donors (Lipinski definition) is 1. The van der Waals surface area contributed by atoms with Crippen molar-refractivity contribution < 1.29 is 13.2 Å². The quantitative estimate of drug-likeness (QED) is 0.582. The van der Waals surface area contributed by atoms with Crippen molar-refractivity contribution in [3.05, 3.63) is 94.0 Å². The molecule has 162 valence electrons. The monoisotopic (exact) mass is 436 g/mol. The number of hydrogen-bond acceptors (Lipinski definition) is 3. The number of nitrogens with one attached hydrogen (secondary N) is 1. The van der Waals surface area contributed by atoms with Crippen LogP contribution < -0.4 is 9.62 Å². The number of sulfonamides is 1. The van der Waals surface area contributed by atoms with E-state index in [9.17, 15) is 13.2 Å². The fourth-order valence-electron chi connectivity index (χ4n) is 3.36. The first-order valence-corrected chi connectivity index (χ1v) is 11.9. The fraction of sp³-hybridized carbons (Fsp3) is 0.240. The molecule has 6 heteroatoms. The van der Waals surface area contributed by atoms with Crippen molar-refractivity contribution in [2.24, 2.45) is 0 Å². The molecule has 0 spiro atoms. The van der Waals surface area contributed by atoms with Crippen LogP contribution in [0.2, 0.25) is 0 Å². The maximum absolute atomic E-state index is 12.6. The third-order valence-corrected chi connectivity index (χ3v) is 6.49. The number of anilines is 2. The Labute approximate surface area is 184 Å². The predicted octanol–water partition coefficient (Wildman–Crippen LogP) is 5.14. The zero-order chi connectivity index (χ0) is 22.8. The molecule has 0 bridgehead atoms. The number of benzene rings is 3. The van der Waals surface area contributed by atoms with Crippen LogP contribution in [0, 0.1) is 27.7 Å². The average Bonchev–Trinajstić information content (AvgIpc) is 2.70. The zero-order valence-corrected chi connectivity index (χ0v) is 19.4. The van der Waals surface area contributed by atoms with Gasteiger partial charge in [-0.2, -0.15) is 0 Å². The summed E-state index contributed by atoms with van der Waals surface area (Å²) >= 11 is 0. The van der Waals surface area contributed by atoms with Gasteiger partial charge in [-0.1, -0.05) is 35.9 Å². The maximum atomic E-state index is 12.6. The van der Waals surface area contributed by atoms with Crippen LogP contribution in [-0.4, -0.2) is 20.6 Å². The summed E-state index contributed by atoms with van der Waals surface area (Å²) in [6.07, 6.45) is 1.20. The van der Waals surface area contributed by atoms with Crippen LogP contribution in [0.1, 0.15) is 38.2 Å². The Morgan fingerprint density at radius 3 is 2.10 bits per heavy atom. The number of rotatable bonds is 6. The Morgan fingerprint density at radius 2 is 1.52 bits per heavy atom. The second-order valence-electron chi connectivity index (χ2n) is 8.01. The van der Waals surface area contributed by atoms with Crippen LogP contribution in [0.15, 0.2) is 60.7 Å². The van der Waals surface area contributed by atoms with Crippen LogP contribution in [-0.2, 0) is 16.6 Å². The first-order valence-electron chi connectivity index (χ1n) is 10.1. The molecule has 0 fully saturated rings. The summed E-state index contributed by atoms with van der Waals surface area (Å²) in [7, 11) is -3.47. The lowest BCUT2D eigenvalue weighted by atomic mass is 10.1.